The molecule has 0 heterocycles. The first-order chi connectivity index (χ1) is 13.0. The van der Waals surface area contributed by atoms with Crippen LogP contribution < -0.4 is 9.47 Å². The van der Waals surface area contributed by atoms with E-state index in [1.54, 1.807) is 61.5 Å². The molecular weight excluding hydrogens is 344 g/mol. The number of rotatable bonds is 6. The zero-order chi connectivity index (χ0) is 19.2. The molecule has 0 saturated carbocycles. The van der Waals surface area contributed by atoms with Crippen LogP contribution in [-0.2, 0) is 0 Å². The largest absolute Gasteiger partial charge is 0.508 e. The number of ketones is 1. The highest BCUT2D eigenvalue weighted by Crippen LogP contribution is 2.24. The average Bonchev–Trinajstić information content (AvgIpc) is 2.68. The highest BCUT2D eigenvalue weighted by molar-refractivity contribution is 5.97. The minimum absolute atomic E-state index is 0.101. The molecule has 0 spiro atoms. The van der Waals surface area contributed by atoms with Gasteiger partial charge >= 0.3 is 5.97 Å². The topological polar surface area (TPSA) is 72.8 Å². The van der Waals surface area contributed by atoms with Crippen molar-refractivity contribution in [3.63, 3.8) is 0 Å². The molecule has 136 valence electrons. The molecule has 0 amide bonds. The van der Waals surface area contributed by atoms with E-state index in [1.165, 1.54) is 12.1 Å². The van der Waals surface area contributed by atoms with Gasteiger partial charge in [-0.3, -0.25) is 4.79 Å². The Morgan fingerprint density at radius 1 is 0.889 bits per heavy atom. The van der Waals surface area contributed by atoms with E-state index < -0.39 is 5.97 Å². The van der Waals surface area contributed by atoms with Crippen LogP contribution in [0.2, 0.25) is 0 Å². The number of Topliss-reactive ketones (excluding diaryl/α,β-unsaturated/α-hetero) is 1. The fourth-order valence-electron chi connectivity index (χ4n) is 2.46. The molecule has 3 rings (SSSR count). The standard InChI is InChI=1S/C22H18O5/c1-15-13-19(27-22(25)17-5-3-2-4-6-17)11-12-21(15)26-14-20(24)16-7-9-18(23)10-8-16/h2-13,23H,14H2,1H3. The molecular formula is C22H18O5. The number of phenols is 1. The van der Waals surface area contributed by atoms with Crippen molar-refractivity contribution in [3.05, 3.63) is 89.5 Å². The van der Waals surface area contributed by atoms with E-state index in [0.29, 0.717) is 22.6 Å². The van der Waals surface area contributed by atoms with Crippen molar-refractivity contribution in [1.82, 2.24) is 0 Å². The lowest BCUT2D eigenvalue weighted by molar-refractivity contribution is 0.0734. The molecule has 0 aromatic heterocycles. The summed E-state index contributed by atoms with van der Waals surface area (Å²) in [5, 5.41) is 9.27. The van der Waals surface area contributed by atoms with E-state index in [4.69, 9.17) is 9.47 Å². The van der Waals surface area contributed by atoms with Gasteiger partial charge in [0.2, 0.25) is 0 Å². The van der Waals surface area contributed by atoms with Crippen LogP contribution in [0.5, 0.6) is 17.2 Å². The summed E-state index contributed by atoms with van der Waals surface area (Å²) < 4.78 is 10.9. The molecule has 0 saturated heterocycles. The molecule has 5 nitrogen and oxygen atoms in total. The van der Waals surface area contributed by atoms with Gasteiger partial charge in [0.25, 0.3) is 0 Å². The van der Waals surface area contributed by atoms with Gasteiger partial charge < -0.3 is 14.6 Å². The van der Waals surface area contributed by atoms with E-state index in [1.807, 2.05) is 6.07 Å². The summed E-state index contributed by atoms with van der Waals surface area (Å²) in [5.74, 6) is 0.393. The minimum Gasteiger partial charge on any atom is -0.508 e. The molecule has 3 aromatic carbocycles. The van der Waals surface area contributed by atoms with Crippen LogP contribution in [-0.4, -0.2) is 23.5 Å². The second-order valence-corrected chi connectivity index (χ2v) is 5.94. The Hall–Kier alpha value is -3.60. The fourth-order valence-corrected chi connectivity index (χ4v) is 2.46. The van der Waals surface area contributed by atoms with Crippen molar-refractivity contribution in [2.75, 3.05) is 6.61 Å². The molecule has 0 atom stereocenters. The highest BCUT2D eigenvalue weighted by Gasteiger charge is 2.11. The SMILES string of the molecule is Cc1cc(OC(=O)c2ccccc2)ccc1OCC(=O)c1ccc(O)cc1. The maximum absolute atomic E-state index is 12.1. The van der Waals surface area contributed by atoms with Crippen LogP contribution in [0.25, 0.3) is 0 Å². The van der Waals surface area contributed by atoms with E-state index in [9.17, 15) is 14.7 Å². The van der Waals surface area contributed by atoms with Gasteiger partial charge in [-0.05, 0) is 67.1 Å². The number of esters is 1. The Balaban J connectivity index is 1.62. The third kappa shape index (κ3) is 4.73. The number of phenolic OH excluding ortho intramolecular Hbond substituents is 1. The lowest BCUT2D eigenvalue weighted by atomic mass is 10.1. The molecule has 0 bridgehead atoms. The van der Waals surface area contributed by atoms with Crippen LogP contribution in [0, 0.1) is 6.92 Å². The normalized spacial score (nSPS) is 10.3. The van der Waals surface area contributed by atoms with Gasteiger partial charge in [0.15, 0.2) is 12.4 Å². The predicted molar refractivity (Wildman–Crippen MR) is 101 cm³/mol. The van der Waals surface area contributed by atoms with Crippen LogP contribution in [0.15, 0.2) is 72.8 Å². The van der Waals surface area contributed by atoms with Gasteiger partial charge in [0.1, 0.15) is 17.2 Å². The van der Waals surface area contributed by atoms with E-state index in [0.717, 1.165) is 5.56 Å². The lowest BCUT2D eigenvalue weighted by Gasteiger charge is -2.11. The number of aryl methyl sites for hydroxylation is 1. The molecule has 0 aliphatic rings. The van der Waals surface area contributed by atoms with Gasteiger partial charge in [-0.15, -0.1) is 0 Å². The monoisotopic (exact) mass is 362 g/mol. The second-order valence-electron chi connectivity index (χ2n) is 5.94. The number of hydrogen-bond donors (Lipinski definition) is 1. The molecule has 5 heteroatoms. The number of carbonyl (C=O) groups excluding carboxylic acids is 2. The Bertz CT molecular complexity index is 946. The van der Waals surface area contributed by atoms with E-state index in [-0.39, 0.29) is 18.1 Å². The Morgan fingerprint density at radius 2 is 1.59 bits per heavy atom. The van der Waals surface area contributed by atoms with Crippen molar-refractivity contribution in [2.45, 2.75) is 6.92 Å². The van der Waals surface area contributed by atoms with Gasteiger partial charge in [0, 0.05) is 5.56 Å². The summed E-state index contributed by atoms with van der Waals surface area (Å²) in [6.45, 7) is 1.68. The van der Waals surface area contributed by atoms with E-state index in [2.05, 4.69) is 0 Å². The van der Waals surface area contributed by atoms with Crippen molar-refractivity contribution in [2.24, 2.45) is 0 Å². The van der Waals surface area contributed by atoms with Crippen LogP contribution in [0.1, 0.15) is 26.3 Å². The first kappa shape index (κ1) is 18.2. The van der Waals surface area contributed by atoms with Crippen LogP contribution >= 0.6 is 0 Å². The second kappa shape index (κ2) is 8.19. The number of hydrogen-bond acceptors (Lipinski definition) is 5. The van der Waals surface area contributed by atoms with Crippen molar-refractivity contribution in [1.29, 1.82) is 0 Å². The Kier molecular flexibility index (Phi) is 5.52. The maximum atomic E-state index is 12.1. The summed E-state index contributed by atoms with van der Waals surface area (Å²) >= 11 is 0. The van der Waals surface area contributed by atoms with Gasteiger partial charge in [0.05, 0.1) is 5.56 Å². The van der Waals surface area contributed by atoms with E-state index >= 15 is 0 Å². The van der Waals surface area contributed by atoms with Gasteiger partial charge in [-0.2, -0.15) is 0 Å². The number of carbonyl (C=O) groups is 2. The minimum atomic E-state index is -0.439. The predicted octanol–water partition coefficient (Wildman–Crippen LogP) is 4.18. The molecule has 27 heavy (non-hydrogen) atoms. The fraction of sp³-hybridized carbons (Fsp3) is 0.0909. The van der Waals surface area contributed by atoms with Gasteiger partial charge in [-0.1, -0.05) is 18.2 Å². The molecule has 0 aliphatic heterocycles. The highest BCUT2D eigenvalue weighted by atomic mass is 16.5. The maximum Gasteiger partial charge on any atom is 0.343 e. The first-order valence-corrected chi connectivity index (χ1v) is 8.36. The summed E-state index contributed by atoms with van der Waals surface area (Å²) in [4.78, 5) is 24.2. The van der Waals surface area contributed by atoms with Crippen molar-refractivity contribution < 1.29 is 24.2 Å². The number of ether oxygens (including phenoxy) is 2. The third-order valence-electron chi connectivity index (χ3n) is 3.91. The van der Waals surface area contributed by atoms with Crippen LogP contribution in [0.4, 0.5) is 0 Å². The van der Waals surface area contributed by atoms with Crippen LogP contribution in [0.3, 0.4) is 0 Å². The zero-order valence-electron chi connectivity index (χ0n) is 14.7. The summed E-state index contributed by atoms with van der Waals surface area (Å²) in [7, 11) is 0. The average molecular weight is 362 g/mol. The molecule has 0 radical (unpaired) electrons. The smallest absolute Gasteiger partial charge is 0.343 e. The van der Waals surface area contributed by atoms with Crippen molar-refractivity contribution in [3.8, 4) is 17.2 Å². The molecule has 3 aromatic rings. The van der Waals surface area contributed by atoms with Gasteiger partial charge in [-0.25, -0.2) is 4.79 Å². The molecule has 0 fully saturated rings. The first-order valence-electron chi connectivity index (χ1n) is 8.36. The third-order valence-corrected chi connectivity index (χ3v) is 3.91. The Labute approximate surface area is 156 Å². The quantitative estimate of drug-likeness (QED) is 0.404. The summed E-state index contributed by atoms with van der Waals surface area (Å²) in [5.41, 5.74) is 1.67. The lowest BCUT2D eigenvalue weighted by Crippen LogP contribution is -2.12. The number of benzene rings is 3. The zero-order valence-corrected chi connectivity index (χ0v) is 14.7. The van der Waals surface area contributed by atoms with Crippen molar-refractivity contribution >= 4 is 11.8 Å². The molecule has 0 unspecified atom stereocenters. The summed E-state index contributed by atoms with van der Waals surface area (Å²) in [6.07, 6.45) is 0. The molecule has 0 aliphatic carbocycles. The molecule has 1 N–H and O–H groups in total. The Morgan fingerprint density at radius 3 is 2.26 bits per heavy atom. The number of aromatic hydroxyl groups is 1. The summed E-state index contributed by atoms with van der Waals surface area (Å²) in [6, 6.07) is 19.7.